The lowest BCUT2D eigenvalue weighted by Gasteiger charge is -2.25. The van der Waals surface area contributed by atoms with Crippen molar-refractivity contribution in [3.8, 4) is 5.75 Å². The number of rotatable bonds is 6. The third-order valence-electron chi connectivity index (χ3n) is 3.17. The number of benzene rings is 1. The summed E-state index contributed by atoms with van der Waals surface area (Å²) in [6.07, 6.45) is 0.154. The molecule has 110 valence electrons. The van der Waals surface area contributed by atoms with Crippen molar-refractivity contribution in [3.63, 3.8) is 0 Å². The SMILES string of the molecule is CNC(C)(C)C(=O)NC(Cc1ccc(O)cc1)C(=O)O. The van der Waals surface area contributed by atoms with Gasteiger partial charge in [0.1, 0.15) is 11.8 Å². The number of carbonyl (C=O) groups is 2. The average Bonchev–Trinajstić information content (AvgIpc) is 2.40. The zero-order valence-corrected chi connectivity index (χ0v) is 11.8. The second-order valence-electron chi connectivity index (χ2n) is 5.11. The molecule has 4 N–H and O–H groups in total. The van der Waals surface area contributed by atoms with Gasteiger partial charge >= 0.3 is 5.97 Å². The van der Waals surface area contributed by atoms with Crippen LogP contribution < -0.4 is 10.6 Å². The summed E-state index contributed by atoms with van der Waals surface area (Å²) >= 11 is 0. The van der Waals surface area contributed by atoms with Gasteiger partial charge in [-0.15, -0.1) is 0 Å². The zero-order chi connectivity index (χ0) is 15.3. The number of hydrogen-bond acceptors (Lipinski definition) is 4. The smallest absolute Gasteiger partial charge is 0.326 e. The molecule has 0 aliphatic heterocycles. The van der Waals surface area contributed by atoms with Gasteiger partial charge in [0, 0.05) is 6.42 Å². The Hall–Kier alpha value is -2.08. The first-order valence-corrected chi connectivity index (χ1v) is 6.27. The molecule has 0 heterocycles. The van der Waals surface area contributed by atoms with E-state index in [1.807, 2.05) is 0 Å². The number of hydrogen-bond donors (Lipinski definition) is 4. The van der Waals surface area contributed by atoms with E-state index in [1.54, 1.807) is 33.0 Å². The summed E-state index contributed by atoms with van der Waals surface area (Å²) in [6, 6.07) is 5.20. The van der Waals surface area contributed by atoms with Gasteiger partial charge in [0.25, 0.3) is 0 Å². The molecule has 1 atom stereocenters. The minimum absolute atomic E-state index is 0.112. The third kappa shape index (κ3) is 4.24. The molecule has 1 unspecified atom stereocenters. The maximum atomic E-state index is 12.0. The Bertz CT molecular complexity index is 482. The molecule has 1 amide bonds. The lowest BCUT2D eigenvalue weighted by Crippen LogP contribution is -2.55. The van der Waals surface area contributed by atoms with Crippen molar-refractivity contribution in [1.29, 1.82) is 0 Å². The van der Waals surface area contributed by atoms with Crippen molar-refractivity contribution in [3.05, 3.63) is 29.8 Å². The first kappa shape index (κ1) is 16.0. The van der Waals surface area contributed by atoms with E-state index in [-0.39, 0.29) is 18.1 Å². The van der Waals surface area contributed by atoms with Gasteiger partial charge in [-0.05, 0) is 38.6 Å². The molecule has 6 nitrogen and oxygen atoms in total. The van der Waals surface area contributed by atoms with E-state index in [9.17, 15) is 19.8 Å². The monoisotopic (exact) mass is 280 g/mol. The molecule has 0 fully saturated rings. The average molecular weight is 280 g/mol. The van der Waals surface area contributed by atoms with Crippen LogP contribution in [0.1, 0.15) is 19.4 Å². The van der Waals surface area contributed by atoms with Crippen LogP contribution in [-0.2, 0) is 16.0 Å². The highest BCUT2D eigenvalue weighted by Gasteiger charge is 2.29. The van der Waals surface area contributed by atoms with Gasteiger partial charge < -0.3 is 20.8 Å². The number of carboxylic acids is 1. The third-order valence-corrected chi connectivity index (χ3v) is 3.17. The van der Waals surface area contributed by atoms with Crippen molar-refractivity contribution in [2.45, 2.75) is 31.8 Å². The first-order chi connectivity index (χ1) is 9.26. The molecule has 0 aliphatic carbocycles. The van der Waals surface area contributed by atoms with E-state index in [4.69, 9.17) is 0 Å². The summed E-state index contributed by atoms with van der Waals surface area (Å²) in [7, 11) is 1.63. The molecular weight excluding hydrogens is 260 g/mol. The number of phenolic OH excluding ortho intramolecular Hbond substituents is 1. The zero-order valence-electron chi connectivity index (χ0n) is 11.8. The van der Waals surface area contributed by atoms with Crippen molar-refractivity contribution >= 4 is 11.9 Å². The van der Waals surface area contributed by atoms with Gasteiger partial charge in [-0.2, -0.15) is 0 Å². The Kier molecular flexibility index (Phi) is 5.10. The van der Waals surface area contributed by atoms with Gasteiger partial charge in [0.2, 0.25) is 5.91 Å². The van der Waals surface area contributed by atoms with Crippen LogP contribution in [0, 0.1) is 0 Å². The summed E-state index contributed by atoms with van der Waals surface area (Å²) in [6.45, 7) is 3.34. The van der Waals surface area contributed by atoms with Gasteiger partial charge in [-0.1, -0.05) is 12.1 Å². The van der Waals surface area contributed by atoms with Crippen molar-refractivity contribution in [2.75, 3.05) is 7.05 Å². The molecule has 0 aromatic heterocycles. The maximum absolute atomic E-state index is 12.0. The number of carbonyl (C=O) groups excluding carboxylic acids is 1. The fourth-order valence-corrected chi connectivity index (χ4v) is 1.52. The van der Waals surface area contributed by atoms with Crippen LogP contribution in [0.3, 0.4) is 0 Å². The number of phenols is 1. The lowest BCUT2D eigenvalue weighted by atomic mass is 10.0. The van der Waals surface area contributed by atoms with Crippen LogP contribution in [0.2, 0.25) is 0 Å². The molecule has 1 aromatic carbocycles. The number of carboxylic acid groups (broad SMARTS) is 1. The topological polar surface area (TPSA) is 98.7 Å². The van der Waals surface area contributed by atoms with Crippen molar-refractivity contribution in [2.24, 2.45) is 0 Å². The highest BCUT2D eigenvalue weighted by atomic mass is 16.4. The fraction of sp³-hybridized carbons (Fsp3) is 0.429. The maximum Gasteiger partial charge on any atom is 0.326 e. The molecule has 0 radical (unpaired) electrons. The van der Waals surface area contributed by atoms with Gasteiger partial charge in [-0.3, -0.25) is 4.79 Å². The second-order valence-corrected chi connectivity index (χ2v) is 5.11. The molecule has 0 aliphatic rings. The number of aliphatic carboxylic acids is 1. The molecule has 1 aromatic rings. The van der Waals surface area contributed by atoms with Crippen LogP contribution in [-0.4, -0.2) is 40.7 Å². The van der Waals surface area contributed by atoms with Crippen LogP contribution in [0.25, 0.3) is 0 Å². The highest BCUT2D eigenvalue weighted by molar-refractivity contribution is 5.89. The predicted octanol–water partition coefficient (Wildman–Crippen LogP) is 0.502. The second kappa shape index (κ2) is 6.38. The lowest BCUT2D eigenvalue weighted by molar-refractivity contribution is -0.142. The first-order valence-electron chi connectivity index (χ1n) is 6.27. The largest absolute Gasteiger partial charge is 0.508 e. The Balaban J connectivity index is 2.78. The van der Waals surface area contributed by atoms with Crippen LogP contribution >= 0.6 is 0 Å². The summed E-state index contributed by atoms with van der Waals surface area (Å²) in [5.74, 6) is -1.37. The van der Waals surface area contributed by atoms with Gasteiger partial charge in [0.05, 0.1) is 5.54 Å². The molecule has 1 rings (SSSR count). The van der Waals surface area contributed by atoms with Gasteiger partial charge in [-0.25, -0.2) is 4.79 Å². The fourth-order valence-electron chi connectivity index (χ4n) is 1.52. The molecule has 6 heteroatoms. The van der Waals surface area contributed by atoms with E-state index in [2.05, 4.69) is 10.6 Å². The highest BCUT2D eigenvalue weighted by Crippen LogP contribution is 2.12. The Morgan fingerprint density at radius 2 is 1.80 bits per heavy atom. The summed E-state index contributed by atoms with van der Waals surface area (Å²) in [4.78, 5) is 23.2. The molecule has 0 spiro atoms. The quantitative estimate of drug-likeness (QED) is 0.608. The number of likely N-dealkylation sites (N-methyl/N-ethyl adjacent to an activating group) is 1. The molecule has 0 saturated carbocycles. The van der Waals surface area contributed by atoms with E-state index in [1.165, 1.54) is 12.1 Å². The van der Waals surface area contributed by atoms with E-state index < -0.39 is 17.6 Å². The predicted molar refractivity (Wildman–Crippen MR) is 74.5 cm³/mol. The molecule has 20 heavy (non-hydrogen) atoms. The Morgan fingerprint density at radius 3 is 2.25 bits per heavy atom. The molecule has 0 bridgehead atoms. The molecular formula is C14H20N2O4. The Labute approximate surface area is 117 Å². The van der Waals surface area contributed by atoms with Gasteiger partial charge in [0.15, 0.2) is 0 Å². The van der Waals surface area contributed by atoms with E-state index in [0.29, 0.717) is 0 Å². The summed E-state index contributed by atoms with van der Waals surface area (Å²) < 4.78 is 0. The standard InChI is InChI=1S/C14H20N2O4/c1-14(2,15-3)13(20)16-11(12(18)19)8-9-4-6-10(17)7-5-9/h4-7,11,15,17H,8H2,1-3H3,(H,16,20)(H,18,19). The van der Waals surface area contributed by atoms with Crippen molar-refractivity contribution in [1.82, 2.24) is 10.6 Å². The number of aromatic hydroxyl groups is 1. The normalized spacial score (nSPS) is 12.8. The number of nitrogens with one attached hydrogen (secondary N) is 2. The molecule has 0 saturated heterocycles. The minimum Gasteiger partial charge on any atom is -0.508 e. The van der Waals surface area contributed by atoms with Crippen LogP contribution in [0.5, 0.6) is 5.75 Å². The van der Waals surface area contributed by atoms with Crippen LogP contribution in [0.4, 0.5) is 0 Å². The minimum atomic E-state index is -1.10. The number of amides is 1. The van der Waals surface area contributed by atoms with E-state index in [0.717, 1.165) is 5.56 Å². The summed E-state index contributed by atoms with van der Waals surface area (Å²) in [5.41, 5.74) is -0.124. The van der Waals surface area contributed by atoms with Crippen molar-refractivity contribution < 1.29 is 19.8 Å². The van der Waals surface area contributed by atoms with Crippen LogP contribution in [0.15, 0.2) is 24.3 Å². The van der Waals surface area contributed by atoms with E-state index >= 15 is 0 Å². The summed E-state index contributed by atoms with van der Waals surface area (Å²) in [5, 5.41) is 23.7. The Morgan fingerprint density at radius 1 is 1.25 bits per heavy atom.